The molecule has 0 saturated carbocycles. The lowest BCUT2D eigenvalue weighted by Crippen LogP contribution is -2.36. The fraction of sp³-hybridized carbons (Fsp3) is 0.667. The lowest BCUT2D eigenvalue weighted by Gasteiger charge is -2.14. The van der Waals surface area contributed by atoms with E-state index in [-0.39, 0.29) is 0 Å². The number of aryl methyl sites for hydroxylation is 1. The molecular weight excluding hydrogens is 206 g/mol. The Balaban J connectivity index is 2.89. The quantitative estimate of drug-likeness (QED) is 0.685. The molecule has 1 rings (SSSR count). The molecule has 0 aliphatic carbocycles. The topological polar surface area (TPSA) is 39.8 Å². The van der Waals surface area contributed by atoms with Crippen molar-refractivity contribution in [2.24, 2.45) is 7.05 Å². The van der Waals surface area contributed by atoms with E-state index in [0.29, 0.717) is 4.57 Å². The van der Waals surface area contributed by atoms with E-state index in [1.165, 1.54) is 7.05 Å². The molecule has 0 spiro atoms. The molecule has 8 heteroatoms. The van der Waals surface area contributed by atoms with E-state index in [4.69, 9.17) is 0 Å². The molecule has 0 bridgehead atoms. The molecule has 0 atom stereocenters. The summed E-state index contributed by atoms with van der Waals surface area (Å²) in [6.45, 7) is -1.36. The van der Waals surface area contributed by atoms with Crippen LogP contribution in [0.15, 0.2) is 11.1 Å². The highest BCUT2D eigenvalue weighted by molar-refractivity contribution is 4.75. The first-order chi connectivity index (χ1) is 6.34. The molecule has 1 aromatic rings. The zero-order valence-corrected chi connectivity index (χ0v) is 7.12. The second-order valence-corrected chi connectivity index (χ2v) is 2.73. The number of nitrogens with zero attached hydrogens (tertiary/aromatic N) is 3. The van der Waals surface area contributed by atoms with E-state index in [2.05, 4.69) is 5.10 Å². The molecule has 0 saturated heterocycles. The van der Waals surface area contributed by atoms with E-state index in [9.17, 15) is 22.4 Å². The van der Waals surface area contributed by atoms with Crippen LogP contribution in [0.4, 0.5) is 17.6 Å². The van der Waals surface area contributed by atoms with Gasteiger partial charge in [0.2, 0.25) is 0 Å². The molecule has 4 nitrogen and oxygen atoms in total. The molecule has 1 aromatic heterocycles. The van der Waals surface area contributed by atoms with Gasteiger partial charge in [0, 0.05) is 7.05 Å². The van der Waals surface area contributed by atoms with E-state index < -0.39 is 24.6 Å². The van der Waals surface area contributed by atoms with Gasteiger partial charge in [-0.25, -0.2) is 18.3 Å². The zero-order chi connectivity index (χ0) is 10.9. The van der Waals surface area contributed by atoms with Crippen molar-refractivity contribution >= 4 is 0 Å². The standard InChI is InChI=1S/C6H7F4N3O/c1-12-5(14)13(3-11-12)2-6(9,10)4(7)8/h3-4H,2H2,1H3. The summed E-state index contributed by atoms with van der Waals surface area (Å²) in [5.41, 5.74) is -0.856. The molecule has 0 unspecified atom stereocenters. The molecule has 0 aliphatic rings. The van der Waals surface area contributed by atoms with Gasteiger partial charge in [-0.2, -0.15) is 13.9 Å². The Labute approximate surface area is 75.8 Å². The van der Waals surface area contributed by atoms with Crippen molar-refractivity contribution < 1.29 is 17.6 Å². The summed E-state index contributed by atoms with van der Waals surface area (Å²) in [5.74, 6) is -4.22. The minimum Gasteiger partial charge on any atom is -0.275 e. The SMILES string of the molecule is Cn1ncn(CC(F)(F)C(F)F)c1=O. The Morgan fingerprint density at radius 3 is 2.50 bits per heavy atom. The van der Waals surface area contributed by atoms with Gasteiger partial charge < -0.3 is 0 Å². The monoisotopic (exact) mass is 213 g/mol. The third kappa shape index (κ3) is 1.94. The second-order valence-electron chi connectivity index (χ2n) is 2.73. The highest BCUT2D eigenvalue weighted by atomic mass is 19.3. The summed E-state index contributed by atoms with van der Waals surface area (Å²) in [7, 11) is 1.24. The fourth-order valence-corrected chi connectivity index (χ4v) is 0.829. The molecule has 0 aromatic carbocycles. The van der Waals surface area contributed by atoms with Crippen LogP contribution in [-0.4, -0.2) is 26.7 Å². The Hall–Kier alpha value is -1.34. The first-order valence-electron chi connectivity index (χ1n) is 3.59. The van der Waals surface area contributed by atoms with E-state index >= 15 is 0 Å². The van der Waals surface area contributed by atoms with E-state index in [1.54, 1.807) is 0 Å². The maximum absolute atomic E-state index is 12.5. The first-order valence-corrected chi connectivity index (χ1v) is 3.59. The van der Waals surface area contributed by atoms with Crippen molar-refractivity contribution in [2.45, 2.75) is 18.9 Å². The lowest BCUT2D eigenvalue weighted by atomic mass is 10.3. The second kappa shape index (κ2) is 3.43. The normalized spacial score (nSPS) is 12.4. The van der Waals surface area contributed by atoms with Gasteiger partial charge in [-0.15, -0.1) is 0 Å². The Bertz CT molecular complexity index is 369. The van der Waals surface area contributed by atoms with Gasteiger partial charge in [0.15, 0.2) is 0 Å². The van der Waals surface area contributed by atoms with Gasteiger partial charge in [-0.05, 0) is 0 Å². The van der Waals surface area contributed by atoms with Crippen molar-refractivity contribution in [3.8, 4) is 0 Å². The fourth-order valence-electron chi connectivity index (χ4n) is 0.829. The van der Waals surface area contributed by atoms with Crippen molar-refractivity contribution in [3.63, 3.8) is 0 Å². The van der Waals surface area contributed by atoms with Crippen LogP contribution < -0.4 is 5.69 Å². The van der Waals surface area contributed by atoms with Crippen LogP contribution in [0.3, 0.4) is 0 Å². The third-order valence-electron chi connectivity index (χ3n) is 1.59. The number of aromatic nitrogens is 3. The third-order valence-corrected chi connectivity index (χ3v) is 1.59. The largest absolute Gasteiger partial charge is 0.345 e. The first kappa shape index (κ1) is 10.7. The Morgan fingerprint density at radius 2 is 2.14 bits per heavy atom. The van der Waals surface area contributed by atoms with Gasteiger partial charge in [0.05, 0.1) is 6.54 Å². The highest BCUT2D eigenvalue weighted by Gasteiger charge is 2.41. The van der Waals surface area contributed by atoms with Crippen LogP contribution in [0.25, 0.3) is 0 Å². The minimum absolute atomic E-state index is 0.437. The smallest absolute Gasteiger partial charge is 0.275 e. The average Bonchev–Trinajstić information content (AvgIpc) is 2.35. The number of halogens is 4. The van der Waals surface area contributed by atoms with Crippen LogP contribution in [0, 0.1) is 0 Å². The molecular formula is C6H7F4N3O. The Kier molecular flexibility index (Phi) is 2.63. The predicted octanol–water partition coefficient (Wildman–Crippen LogP) is 0.482. The van der Waals surface area contributed by atoms with Gasteiger partial charge in [0.1, 0.15) is 6.33 Å². The summed E-state index contributed by atoms with van der Waals surface area (Å²) in [5, 5.41) is 3.35. The van der Waals surface area contributed by atoms with Crippen molar-refractivity contribution in [2.75, 3.05) is 0 Å². The van der Waals surface area contributed by atoms with E-state index in [1.807, 2.05) is 0 Å². The van der Waals surface area contributed by atoms with Crippen LogP contribution in [-0.2, 0) is 13.6 Å². The van der Waals surface area contributed by atoms with Gasteiger partial charge in [-0.1, -0.05) is 0 Å². The van der Waals surface area contributed by atoms with Crippen LogP contribution in [0.1, 0.15) is 0 Å². The summed E-state index contributed by atoms with van der Waals surface area (Å²) in [6, 6.07) is 0. The van der Waals surface area contributed by atoms with Crippen molar-refractivity contribution in [3.05, 3.63) is 16.8 Å². The molecule has 1 heterocycles. The van der Waals surface area contributed by atoms with Gasteiger partial charge in [0.25, 0.3) is 0 Å². The van der Waals surface area contributed by atoms with Gasteiger partial charge >= 0.3 is 18.0 Å². The predicted molar refractivity (Wildman–Crippen MR) is 38.4 cm³/mol. The molecule has 80 valence electrons. The molecule has 0 fully saturated rings. The molecule has 0 N–H and O–H groups in total. The summed E-state index contributed by atoms with van der Waals surface area (Å²) < 4.78 is 49.7. The number of hydrogen-bond donors (Lipinski definition) is 0. The van der Waals surface area contributed by atoms with Crippen molar-refractivity contribution in [1.82, 2.24) is 14.3 Å². The molecule has 0 aliphatic heterocycles. The maximum Gasteiger partial charge on any atom is 0.345 e. The zero-order valence-electron chi connectivity index (χ0n) is 7.12. The van der Waals surface area contributed by atoms with Crippen LogP contribution in [0.5, 0.6) is 0 Å². The summed E-state index contributed by atoms with van der Waals surface area (Å²) in [4.78, 5) is 11.0. The Morgan fingerprint density at radius 1 is 1.57 bits per heavy atom. The van der Waals surface area contributed by atoms with Crippen LogP contribution >= 0.6 is 0 Å². The van der Waals surface area contributed by atoms with E-state index in [0.717, 1.165) is 11.0 Å². The number of alkyl halides is 4. The van der Waals surface area contributed by atoms with Crippen molar-refractivity contribution in [1.29, 1.82) is 0 Å². The number of rotatable bonds is 3. The van der Waals surface area contributed by atoms with Crippen LogP contribution in [0.2, 0.25) is 0 Å². The molecule has 0 amide bonds. The minimum atomic E-state index is -4.22. The average molecular weight is 213 g/mol. The molecule has 0 radical (unpaired) electrons. The maximum atomic E-state index is 12.5. The summed E-state index contributed by atoms with van der Waals surface area (Å²) in [6.07, 6.45) is -3.01. The molecule has 14 heavy (non-hydrogen) atoms. The van der Waals surface area contributed by atoms with Gasteiger partial charge in [-0.3, -0.25) is 4.57 Å². The summed E-state index contributed by atoms with van der Waals surface area (Å²) >= 11 is 0. The number of hydrogen-bond acceptors (Lipinski definition) is 2. The lowest BCUT2D eigenvalue weighted by molar-refractivity contribution is -0.138. The highest BCUT2D eigenvalue weighted by Crippen LogP contribution is 2.23.